The molecule has 2 aromatic rings. The monoisotopic (exact) mass is 410 g/mol. The van der Waals surface area contributed by atoms with Gasteiger partial charge in [0.1, 0.15) is 0 Å². The zero-order valence-corrected chi connectivity index (χ0v) is 18.6. The van der Waals surface area contributed by atoms with Crippen molar-refractivity contribution in [3.63, 3.8) is 0 Å². The molecule has 0 aliphatic carbocycles. The van der Waals surface area contributed by atoms with Gasteiger partial charge in [-0.15, -0.1) is 0 Å². The van der Waals surface area contributed by atoms with Crippen LogP contribution in [0.15, 0.2) is 42.5 Å². The molecule has 0 bridgehead atoms. The van der Waals surface area contributed by atoms with E-state index in [4.69, 9.17) is 4.74 Å². The number of methoxy groups -OCH3 is 1. The Bertz CT molecular complexity index is 915. The second-order valence-corrected chi connectivity index (χ2v) is 7.32. The lowest BCUT2D eigenvalue weighted by molar-refractivity contribution is 0.0600. The van der Waals surface area contributed by atoms with Crippen LogP contribution in [0.25, 0.3) is 0 Å². The predicted octanol–water partition coefficient (Wildman–Crippen LogP) is 4.32. The van der Waals surface area contributed by atoms with E-state index in [0.29, 0.717) is 29.8 Å². The number of benzene rings is 2. The molecule has 2 rings (SSSR count). The zero-order chi connectivity index (χ0) is 22.4. The smallest absolute Gasteiger partial charge is 0.337 e. The minimum Gasteiger partial charge on any atom is -0.465 e. The third-order valence-electron chi connectivity index (χ3n) is 5.04. The summed E-state index contributed by atoms with van der Waals surface area (Å²) in [7, 11) is 1.34. The van der Waals surface area contributed by atoms with Crippen molar-refractivity contribution in [3.05, 3.63) is 64.7 Å². The molecule has 0 unspecified atom stereocenters. The Kier molecular flexibility index (Phi) is 7.75. The van der Waals surface area contributed by atoms with Crippen LogP contribution in [0.5, 0.6) is 0 Å². The van der Waals surface area contributed by atoms with E-state index in [1.807, 2.05) is 34.6 Å². The molecule has 6 nitrogen and oxygen atoms in total. The number of ether oxygens (including phenoxy) is 1. The van der Waals surface area contributed by atoms with Gasteiger partial charge in [-0.3, -0.25) is 9.59 Å². The van der Waals surface area contributed by atoms with Crippen molar-refractivity contribution < 1.29 is 19.1 Å². The molecule has 0 N–H and O–H groups in total. The van der Waals surface area contributed by atoms with Crippen molar-refractivity contribution in [1.82, 2.24) is 4.90 Å². The molecule has 0 heterocycles. The van der Waals surface area contributed by atoms with Gasteiger partial charge in [0.05, 0.1) is 12.7 Å². The van der Waals surface area contributed by atoms with E-state index >= 15 is 0 Å². The number of anilines is 1. The van der Waals surface area contributed by atoms with Crippen molar-refractivity contribution in [2.24, 2.45) is 0 Å². The first-order valence-corrected chi connectivity index (χ1v) is 10.2. The van der Waals surface area contributed by atoms with Crippen molar-refractivity contribution >= 4 is 23.5 Å². The molecule has 0 atom stereocenters. The third-order valence-corrected chi connectivity index (χ3v) is 5.04. The molecule has 0 aliphatic rings. The highest BCUT2D eigenvalue weighted by Crippen LogP contribution is 2.26. The van der Waals surface area contributed by atoms with Crippen molar-refractivity contribution in [2.45, 2.75) is 40.7 Å². The van der Waals surface area contributed by atoms with Gasteiger partial charge in [0.15, 0.2) is 0 Å². The maximum absolute atomic E-state index is 13.3. The van der Waals surface area contributed by atoms with Gasteiger partial charge in [-0.05, 0) is 82.6 Å². The lowest BCUT2D eigenvalue weighted by Gasteiger charge is -2.29. The van der Waals surface area contributed by atoms with Crippen LogP contribution in [0.4, 0.5) is 5.69 Å². The van der Waals surface area contributed by atoms with E-state index in [1.165, 1.54) is 7.11 Å². The first kappa shape index (κ1) is 23.1. The molecule has 2 amide bonds. The first-order valence-electron chi connectivity index (χ1n) is 10.2. The number of amides is 2. The van der Waals surface area contributed by atoms with Gasteiger partial charge >= 0.3 is 5.97 Å². The summed E-state index contributed by atoms with van der Waals surface area (Å²) in [6.07, 6.45) is 0. The normalized spacial score (nSPS) is 10.6. The van der Waals surface area contributed by atoms with Crippen molar-refractivity contribution in [2.75, 3.05) is 25.1 Å². The van der Waals surface area contributed by atoms with Crippen LogP contribution in [0.2, 0.25) is 0 Å². The molecule has 0 aromatic heterocycles. The average Bonchev–Trinajstić information content (AvgIpc) is 2.75. The summed E-state index contributed by atoms with van der Waals surface area (Å²) in [6, 6.07) is 11.8. The fraction of sp³-hybridized carbons (Fsp3) is 0.375. The minimum absolute atomic E-state index is 0.0473. The van der Waals surface area contributed by atoms with Gasteiger partial charge < -0.3 is 14.5 Å². The van der Waals surface area contributed by atoms with Crippen LogP contribution in [-0.2, 0) is 4.74 Å². The molecule has 2 aromatic carbocycles. The SMILES string of the molecule is CCN(CC)C(=O)c1ccc(C(=O)N(c2ccc(C(=O)OC)cc2C)C(C)C)cc1. The van der Waals surface area contributed by atoms with Crippen LogP contribution < -0.4 is 4.90 Å². The predicted molar refractivity (Wildman–Crippen MR) is 118 cm³/mol. The van der Waals surface area contributed by atoms with Crippen LogP contribution in [-0.4, -0.2) is 48.9 Å². The van der Waals surface area contributed by atoms with Crippen LogP contribution in [0.1, 0.15) is 64.3 Å². The standard InChI is InChI=1S/C24H30N2O4/c1-7-25(8-2)22(27)18-9-11-19(12-10-18)23(28)26(16(3)4)21-14-13-20(15-17(21)5)24(29)30-6/h9-16H,7-8H2,1-6H3. The van der Waals surface area contributed by atoms with Crippen molar-refractivity contribution in [3.8, 4) is 0 Å². The molecule has 0 saturated carbocycles. The number of aryl methyl sites for hydroxylation is 1. The molecule has 30 heavy (non-hydrogen) atoms. The van der Waals surface area contributed by atoms with Gasteiger partial charge in [0.25, 0.3) is 11.8 Å². The molecule has 0 spiro atoms. The molecule has 0 fully saturated rings. The lowest BCUT2D eigenvalue weighted by atomic mass is 10.0. The van der Waals surface area contributed by atoms with Crippen LogP contribution in [0.3, 0.4) is 0 Å². The van der Waals surface area contributed by atoms with Gasteiger partial charge in [-0.2, -0.15) is 0 Å². The number of nitrogens with zero attached hydrogens (tertiary/aromatic N) is 2. The second kappa shape index (κ2) is 10.1. The Morgan fingerprint density at radius 3 is 1.80 bits per heavy atom. The summed E-state index contributed by atoms with van der Waals surface area (Å²) in [5.74, 6) is -0.629. The largest absolute Gasteiger partial charge is 0.465 e. The lowest BCUT2D eigenvalue weighted by Crippen LogP contribution is -2.37. The molecule has 0 saturated heterocycles. The van der Waals surface area contributed by atoms with E-state index in [2.05, 4.69) is 0 Å². The van der Waals surface area contributed by atoms with E-state index in [9.17, 15) is 14.4 Å². The topological polar surface area (TPSA) is 66.9 Å². The summed E-state index contributed by atoms with van der Waals surface area (Å²) in [6.45, 7) is 10.9. The highest BCUT2D eigenvalue weighted by molar-refractivity contribution is 6.07. The quantitative estimate of drug-likeness (QED) is 0.638. The van der Waals surface area contributed by atoms with Gasteiger partial charge in [-0.25, -0.2) is 4.79 Å². The summed E-state index contributed by atoms with van der Waals surface area (Å²) in [4.78, 5) is 41.0. The summed E-state index contributed by atoms with van der Waals surface area (Å²) in [5, 5.41) is 0. The molecule has 0 aliphatic heterocycles. The average molecular weight is 411 g/mol. The molecular formula is C24H30N2O4. The fourth-order valence-corrected chi connectivity index (χ4v) is 3.38. The van der Waals surface area contributed by atoms with E-state index in [0.717, 1.165) is 11.3 Å². The maximum atomic E-state index is 13.3. The first-order chi connectivity index (χ1) is 14.2. The Morgan fingerprint density at radius 1 is 0.867 bits per heavy atom. The highest BCUT2D eigenvalue weighted by atomic mass is 16.5. The van der Waals surface area contributed by atoms with Crippen LogP contribution in [0, 0.1) is 6.92 Å². The van der Waals surface area contributed by atoms with Gasteiger partial charge in [-0.1, -0.05) is 0 Å². The van der Waals surface area contributed by atoms with E-state index in [1.54, 1.807) is 52.3 Å². The highest BCUT2D eigenvalue weighted by Gasteiger charge is 2.23. The number of esters is 1. The third kappa shape index (κ3) is 4.87. The summed E-state index contributed by atoms with van der Waals surface area (Å²) >= 11 is 0. The number of carbonyl (C=O) groups is 3. The van der Waals surface area contributed by atoms with Gasteiger partial charge in [0.2, 0.25) is 0 Å². The number of rotatable bonds is 7. The summed E-state index contributed by atoms with van der Waals surface area (Å²) < 4.78 is 4.77. The Balaban J connectivity index is 2.34. The number of carbonyl (C=O) groups excluding carboxylic acids is 3. The van der Waals surface area contributed by atoms with E-state index < -0.39 is 5.97 Å². The maximum Gasteiger partial charge on any atom is 0.337 e. The zero-order valence-electron chi connectivity index (χ0n) is 18.6. The Labute approximate surface area is 178 Å². The van der Waals surface area contributed by atoms with Crippen molar-refractivity contribution in [1.29, 1.82) is 0 Å². The number of hydrogen-bond acceptors (Lipinski definition) is 4. The number of hydrogen-bond donors (Lipinski definition) is 0. The molecular weight excluding hydrogens is 380 g/mol. The molecule has 0 radical (unpaired) electrons. The Hall–Kier alpha value is -3.15. The summed E-state index contributed by atoms with van der Waals surface area (Å²) in [5.41, 5.74) is 3.02. The van der Waals surface area contributed by atoms with Gasteiger partial charge in [0, 0.05) is 35.9 Å². The molecule has 6 heteroatoms. The molecule has 160 valence electrons. The fourth-order valence-electron chi connectivity index (χ4n) is 3.38. The van der Waals surface area contributed by atoms with Crippen LogP contribution >= 0.6 is 0 Å². The Morgan fingerprint density at radius 2 is 1.37 bits per heavy atom. The van der Waals surface area contributed by atoms with E-state index in [-0.39, 0.29) is 17.9 Å². The second-order valence-electron chi connectivity index (χ2n) is 7.32. The minimum atomic E-state index is -0.416.